The number of amides is 1. The fourth-order valence-electron chi connectivity index (χ4n) is 3.77. The number of thioether (sulfide) groups is 1. The van der Waals surface area contributed by atoms with Gasteiger partial charge in [-0.2, -0.15) is 5.10 Å². The molecular weight excluding hydrogens is 370 g/mol. The zero-order valence-electron chi connectivity index (χ0n) is 16.0. The van der Waals surface area contributed by atoms with Crippen LogP contribution in [0.5, 0.6) is 5.75 Å². The molecule has 1 aliphatic rings. The molecule has 0 saturated heterocycles. The lowest BCUT2D eigenvalue weighted by Gasteiger charge is -2.26. The number of rotatable bonds is 6. The van der Waals surface area contributed by atoms with Crippen molar-refractivity contribution < 1.29 is 9.90 Å². The summed E-state index contributed by atoms with van der Waals surface area (Å²) >= 11 is 1.69. The predicted octanol–water partition coefficient (Wildman–Crippen LogP) is 4.85. The number of H-pyrrole nitrogens is 1. The maximum absolute atomic E-state index is 13.1. The van der Waals surface area contributed by atoms with E-state index in [0.29, 0.717) is 23.5 Å². The van der Waals surface area contributed by atoms with E-state index in [9.17, 15) is 9.90 Å². The summed E-state index contributed by atoms with van der Waals surface area (Å²) in [7, 11) is 0. The second-order valence-electron chi connectivity index (χ2n) is 6.91. The summed E-state index contributed by atoms with van der Waals surface area (Å²) in [6.45, 7) is 2.81. The maximum Gasteiger partial charge on any atom is 0.273 e. The fraction of sp³-hybridized carbons (Fsp3) is 0.273. The van der Waals surface area contributed by atoms with Crippen LogP contribution in [-0.4, -0.2) is 38.9 Å². The minimum Gasteiger partial charge on any atom is -0.507 e. The van der Waals surface area contributed by atoms with E-state index in [0.717, 1.165) is 24.0 Å². The number of aromatic nitrogens is 2. The molecule has 4 rings (SSSR count). The van der Waals surface area contributed by atoms with E-state index >= 15 is 0 Å². The Morgan fingerprint density at radius 3 is 2.61 bits per heavy atom. The highest BCUT2D eigenvalue weighted by molar-refractivity contribution is 7.98. The minimum absolute atomic E-state index is 0.0310. The molecule has 1 amide bonds. The lowest BCUT2D eigenvalue weighted by atomic mass is 9.95. The number of para-hydroxylation sites is 1. The van der Waals surface area contributed by atoms with Crippen LogP contribution in [0.15, 0.2) is 53.4 Å². The fourth-order valence-corrected chi connectivity index (χ4v) is 4.18. The van der Waals surface area contributed by atoms with E-state index in [-0.39, 0.29) is 17.7 Å². The van der Waals surface area contributed by atoms with Crippen molar-refractivity contribution in [3.05, 3.63) is 65.4 Å². The van der Waals surface area contributed by atoms with Gasteiger partial charge in [0.1, 0.15) is 17.1 Å². The van der Waals surface area contributed by atoms with Gasteiger partial charge in [-0.3, -0.25) is 9.89 Å². The number of hydrogen-bond acceptors (Lipinski definition) is 4. The SMILES string of the molecule is CCCCN1C(=O)c2[nH]nc(-c3ccccc3O)c2[C@@H]1c1ccc(SC)cc1. The first-order valence-corrected chi connectivity index (χ1v) is 10.7. The number of nitrogens with zero attached hydrogens (tertiary/aromatic N) is 2. The summed E-state index contributed by atoms with van der Waals surface area (Å²) in [5, 5.41) is 17.7. The Morgan fingerprint density at radius 2 is 1.93 bits per heavy atom. The molecule has 144 valence electrons. The highest BCUT2D eigenvalue weighted by Gasteiger charge is 2.42. The van der Waals surface area contributed by atoms with Crippen molar-refractivity contribution in [1.82, 2.24) is 15.1 Å². The Labute approximate surface area is 168 Å². The summed E-state index contributed by atoms with van der Waals surface area (Å²) in [6.07, 6.45) is 4.00. The molecule has 2 N–H and O–H groups in total. The molecule has 0 spiro atoms. The maximum atomic E-state index is 13.1. The van der Waals surface area contributed by atoms with Gasteiger partial charge in [-0.1, -0.05) is 37.6 Å². The summed E-state index contributed by atoms with van der Waals surface area (Å²) < 4.78 is 0. The zero-order valence-corrected chi connectivity index (χ0v) is 16.8. The number of hydrogen-bond donors (Lipinski definition) is 2. The van der Waals surface area contributed by atoms with E-state index in [1.807, 2.05) is 23.3 Å². The number of carbonyl (C=O) groups excluding carboxylic acids is 1. The number of aromatic amines is 1. The molecular formula is C22H23N3O2S. The van der Waals surface area contributed by atoms with Gasteiger partial charge in [-0.15, -0.1) is 11.8 Å². The van der Waals surface area contributed by atoms with Crippen LogP contribution < -0.4 is 0 Å². The Morgan fingerprint density at radius 1 is 1.18 bits per heavy atom. The van der Waals surface area contributed by atoms with Crippen molar-refractivity contribution in [3.63, 3.8) is 0 Å². The number of phenols is 1. The Bertz CT molecular complexity index is 997. The molecule has 5 nitrogen and oxygen atoms in total. The van der Waals surface area contributed by atoms with Crippen LogP contribution in [0.4, 0.5) is 0 Å². The van der Waals surface area contributed by atoms with Gasteiger partial charge in [0, 0.05) is 22.6 Å². The van der Waals surface area contributed by atoms with Gasteiger partial charge in [0.05, 0.1) is 6.04 Å². The van der Waals surface area contributed by atoms with Crippen LogP contribution in [0.25, 0.3) is 11.3 Å². The first-order chi connectivity index (χ1) is 13.7. The molecule has 2 heterocycles. The molecule has 3 aromatic rings. The first-order valence-electron chi connectivity index (χ1n) is 9.47. The molecule has 28 heavy (non-hydrogen) atoms. The van der Waals surface area contributed by atoms with Crippen molar-refractivity contribution in [2.24, 2.45) is 0 Å². The normalized spacial score (nSPS) is 15.9. The topological polar surface area (TPSA) is 69.2 Å². The molecule has 0 aliphatic carbocycles. The average molecular weight is 394 g/mol. The quantitative estimate of drug-likeness (QED) is 0.588. The molecule has 1 aromatic heterocycles. The van der Waals surface area contributed by atoms with E-state index in [1.165, 1.54) is 4.90 Å². The van der Waals surface area contributed by atoms with Gasteiger partial charge in [0.15, 0.2) is 0 Å². The van der Waals surface area contributed by atoms with Crippen molar-refractivity contribution >= 4 is 17.7 Å². The van der Waals surface area contributed by atoms with Gasteiger partial charge < -0.3 is 10.0 Å². The summed E-state index contributed by atoms with van der Waals surface area (Å²) in [5.74, 6) is 0.129. The Kier molecular flexibility index (Phi) is 5.13. The third-order valence-electron chi connectivity index (χ3n) is 5.21. The van der Waals surface area contributed by atoms with Crippen molar-refractivity contribution in [2.75, 3.05) is 12.8 Å². The van der Waals surface area contributed by atoms with Crippen molar-refractivity contribution in [3.8, 4) is 17.0 Å². The van der Waals surface area contributed by atoms with Crippen LogP contribution in [0.1, 0.15) is 47.4 Å². The third-order valence-corrected chi connectivity index (χ3v) is 5.95. The van der Waals surface area contributed by atoms with Gasteiger partial charge in [0.2, 0.25) is 0 Å². The minimum atomic E-state index is -0.210. The van der Waals surface area contributed by atoms with Crippen LogP contribution in [-0.2, 0) is 0 Å². The van der Waals surface area contributed by atoms with E-state index in [4.69, 9.17) is 0 Å². The largest absolute Gasteiger partial charge is 0.507 e. The zero-order chi connectivity index (χ0) is 19.7. The highest BCUT2D eigenvalue weighted by Crippen LogP contribution is 2.44. The van der Waals surface area contributed by atoms with Crippen LogP contribution in [0.3, 0.4) is 0 Å². The lowest BCUT2D eigenvalue weighted by molar-refractivity contribution is 0.0741. The van der Waals surface area contributed by atoms with E-state index in [2.05, 4.69) is 41.4 Å². The summed E-state index contributed by atoms with van der Waals surface area (Å²) in [4.78, 5) is 16.2. The van der Waals surface area contributed by atoms with E-state index in [1.54, 1.807) is 23.9 Å². The molecule has 6 heteroatoms. The van der Waals surface area contributed by atoms with Gasteiger partial charge >= 0.3 is 0 Å². The Hall–Kier alpha value is -2.73. The van der Waals surface area contributed by atoms with Gasteiger partial charge in [0.25, 0.3) is 5.91 Å². The summed E-state index contributed by atoms with van der Waals surface area (Å²) in [5.41, 5.74) is 3.70. The van der Waals surface area contributed by atoms with Crippen molar-refractivity contribution in [2.45, 2.75) is 30.7 Å². The van der Waals surface area contributed by atoms with Crippen LogP contribution in [0.2, 0.25) is 0 Å². The number of carbonyl (C=O) groups is 1. The monoisotopic (exact) mass is 393 g/mol. The second kappa shape index (κ2) is 7.72. The highest BCUT2D eigenvalue weighted by atomic mass is 32.2. The van der Waals surface area contributed by atoms with Crippen LogP contribution in [0, 0.1) is 0 Å². The number of benzene rings is 2. The smallest absolute Gasteiger partial charge is 0.273 e. The third kappa shape index (κ3) is 3.07. The predicted molar refractivity (Wildman–Crippen MR) is 112 cm³/mol. The molecule has 0 fully saturated rings. The molecule has 0 unspecified atom stereocenters. The number of nitrogens with one attached hydrogen (secondary N) is 1. The summed E-state index contributed by atoms with van der Waals surface area (Å²) in [6, 6.07) is 15.2. The number of aromatic hydroxyl groups is 1. The molecule has 2 aromatic carbocycles. The molecule has 1 aliphatic heterocycles. The molecule has 0 saturated carbocycles. The Balaban J connectivity index is 1.86. The number of phenolic OH excluding ortho intramolecular Hbond substituents is 1. The average Bonchev–Trinajstić information content (AvgIpc) is 3.26. The first kappa shape index (κ1) is 18.6. The second-order valence-corrected chi connectivity index (χ2v) is 7.79. The standard InChI is InChI=1S/C22H23N3O2S/c1-3-4-13-25-21(14-9-11-15(28-2)12-10-14)18-19(23-24-20(18)22(25)27)16-7-5-6-8-17(16)26/h5-12,21,26H,3-4,13H2,1-2H3,(H,23,24)/t21-/m0/s1. The number of unbranched alkanes of at least 4 members (excludes halogenated alkanes) is 1. The van der Waals surface area contributed by atoms with Gasteiger partial charge in [-0.25, -0.2) is 0 Å². The van der Waals surface area contributed by atoms with Crippen molar-refractivity contribution in [1.29, 1.82) is 0 Å². The van der Waals surface area contributed by atoms with Crippen LogP contribution >= 0.6 is 11.8 Å². The number of fused-ring (bicyclic) bond motifs is 1. The lowest BCUT2D eigenvalue weighted by Crippen LogP contribution is -2.30. The van der Waals surface area contributed by atoms with E-state index < -0.39 is 0 Å². The van der Waals surface area contributed by atoms with Gasteiger partial charge in [-0.05, 0) is 42.5 Å². The molecule has 1 atom stereocenters. The molecule has 0 bridgehead atoms. The molecule has 0 radical (unpaired) electrons.